The van der Waals surface area contributed by atoms with E-state index >= 15 is 0 Å². The predicted molar refractivity (Wildman–Crippen MR) is 79.8 cm³/mol. The number of fused-ring (bicyclic) bond motifs is 5. The van der Waals surface area contributed by atoms with E-state index < -0.39 is 0 Å². The molecule has 0 unspecified atom stereocenters. The van der Waals surface area contributed by atoms with Crippen LogP contribution in [0.1, 0.15) is 16.3 Å². The van der Waals surface area contributed by atoms with Crippen LogP contribution < -0.4 is 0 Å². The first-order valence-electron chi connectivity index (χ1n) is 6.09. The summed E-state index contributed by atoms with van der Waals surface area (Å²) in [6.07, 6.45) is 2.32. The summed E-state index contributed by atoms with van der Waals surface area (Å²) in [6, 6.07) is 5.82. The van der Waals surface area contributed by atoms with E-state index in [9.17, 15) is 4.79 Å². The van der Waals surface area contributed by atoms with Crippen molar-refractivity contribution in [3.05, 3.63) is 45.7 Å². The third-order valence-electron chi connectivity index (χ3n) is 3.37. The zero-order valence-electron chi connectivity index (χ0n) is 10.5. The van der Waals surface area contributed by atoms with Gasteiger partial charge in [-0.1, -0.05) is 27.5 Å². The second-order valence-corrected chi connectivity index (χ2v) is 5.86. The molecule has 0 saturated carbocycles. The van der Waals surface area contributed by atoms with Crippen molar-refractivity contribution in [1.29, 1.82) is 0 Å². The fraction of sp³-hybridized carbons (Fsp3) is 0.0769. The summed E-state index contributed by atoms with van der Waals surface area (Å²) >= 11 is 9.62. The third kappa shape index (κ3) is 1.85. The van der Waals surface area contributed by atoms with Crippen LogP contribution in [-0.2, 0) is 6.54 Å². The van der Waals surface area contributed by atoms with Crippen LogP contribution in [0.4, 0.5) is 0 Å². The maximum atomic E-state index is 11.0. The van der Waals surface area contributed by atoms with Crippen molar-refractivity contribution in [1.82, 2.24) is 24.3 Å². The number of benzene rings is 1. The van der Waals surface area contributed by atoms with Crippen LogP contribution in [-0.4, -0.2) is 30.6 Å². The number of nitrogens with zero attached hydrogens (tertiary/aromatic N) is 5. The molecule has 0 spiro atoms. The van der Waals surface area contributed by atoms with Gasteiger partial charge in [0, 0.05) is 10.0 Å². The summed E-state index contributed by atoms with van der Waals surface area (Å²) in [5.74, 6) is 0.785. The largest absolute Gasteiger partial charge is 0.299 e. The Labute approximate surface area is 132 Å². The molecule has 0 atom stereocenters. The van der Waals surface area contributed by atoms with Gasteiger partial charge >= 0.3 is 0 Å². The Balaban J connectivity index is 2.10. The summed E-state index contributed by atoms with van der Waals surface area (Å²) in [4.78, 5) is 19.4. The first kappa shape index (κ1) is 12.7. The van der Waals surface area contributed by atoms with E-state index in [0.29, 0.717) is 23.8 Å². The number of aromatic nitrogens is 5. The van der Waals surface area contributed by atoms with Gasteiger partial charge in [-0.25, -0.2) is 14.6 Å². The van der Waals surface area contributed by atoms with E-state index in [1.54, 1.807) is 11.0 Å². The quantitative estimate of drug-likeness (QED) is 0.487. The number of carbonyl (C=O) groups excluding carboxylic acids is 1. The minimum Gasteiger partial charge on any atom is -0.299 e. The Bertz CT molecular complexity index is 885. The molecule has 1 aromatic carbocycles. The molecule has 4 rings (SSSR count). The standard InChI is InChI=1S/C13H7BrClN5O/c14-7-1-2-9-8(3-7)13-17-11(5-21)18-20(13)4-10-12(15)16-6-19(9)10/h1-3,5-6H,4H2. The molecule has 0 radical (unpaired) electrons. The molecule has 1 aliphatic heterocycles. The van der Waals surface area contributed by atoms with Crippen LogP contribution in [0.15, 0.2) is 29.0 Å². The molecule has 0 amide bonds. The average molecular weight is 365 g/mol. The number of hydrogen-bond acceptors (Lipinski definition) is 4. The fourth-order valence-electron chi connectivity index (χ4n) is 2.46. The van der Waals surface area contributed by atoms with E-state index in [2.05, 4.69) is 31.0 Å². The van der Waals surface area contributed by atoms with E-state index in [1.807, 2.05) is 22.8 Å². The molecule has 3 heterocycles. The number of halogens is 2. The van der Waals surface area contributed by atoms with E-state index in [4.69, 9.17) is 11.6 Å². The maximum Gasteiger partial charge on any atom is 0.214 e. The number of hydrogen-bond donors (Lipinski definition) is 0. The summed E-state index contributed by atoms with van der Waals surface area (Å²) in [5.41, 5.74) is 2.57. The minimum atomic E-state index is 0.153. The fourth-order valence-corrected chi connectivity index (χ4v) is 3.01. The monoisotopic (exact) mass is 363 g/mol. The van der Waals surface area contributed by atoms with Gasteiger partial charge in [-0.15, -0.1) is 5.10 Å². The first-order valence-corrected chi connectivity index (χ1v) is 7.26. The highest BCUT2D eigenvalue weighted by molar-refractivity contribution is 9.10. The lowest BCUT2D eigenvalue weighted by Gasteiger charge is -2.08. The van der Waals surface area contributed by atoms with Crippen LogP contribution in [0, 0.1) is 0 Å². The van der Waals surface area contributed by atoms with Crippen LogP contribution in [0.2, 0.25) is 5.15 Å². The summed E-state index contributed by atoms with van der Waals surface area (Å²) in [6.45, 7) is 0.404. The summed E-state index contributed by atoms with van der Waals surface area (Å²) in [7, 11) is 0. The normalized spacial score (nSPS) is 12.3. The lowest BCUT2D eigenvalue weighted by atomic mass is 10.1. The van der Waals surface area contributed by atoms with E-state index in [0.717, 1.165) is 21.4 Å². The zero-order valence-corrected chi connectivity index (χ0v) is 12.8. The van der Waals surface area contributed by atoms with Gasteiger partial charge < -0.3 is 0 Å². The highest BCUT2D eigenvalue weighted by Gasteiger charge is 2.24. The number of aldehydes is 1. The van der Waals surface area contributed by atoms with Gasteiger partial charge in [-0.3, -0.25) is 9.36 Å². The van der Waals surface area contributed by atoms with Crippen molar-refractivity contribution in [2.45, 2.75) is 6.54 Å². The minimum absolute atomic E-state index is 0.153. The van der Waals surface area contributed by atoms with Crippen molar-refractivity contribution >= 4 is 33.8 Å². The van der Waals surface area contributed by atoms with Gasteiger partial charge in [-0.2, -0.15) is 0 Å². The van der Waals surface area contributed by atoms with Crippen molar-refractivity contribution in [3.8, 4) is 17.1 Å². The van der Waals surface area contributed by atoms with Crippen molar-refractivity contribution in [2.24, 2.45) is 0 Å². The molecule has 0 N–H and O–H groups in total. The first-order chi connectivity index (χ1) is 10.2. The van der Waals surface area contributed by atoms with Crippen molar-refractivity contribution in [3.63, 3.8) is 0 Å². The molecule has 0 saturated heterocycles. The Morgan fingerprint density at radius 2 is 2.24 bits per heavy atom. The zero-order chi connectivity index (χ0) is 14.6. The van der Waals surface area contributed by atoms with Crippen molar-refractivity contribution in [2.75, 3.05) is 0 Å². The van der Waals surface area contributed by atoms with Crippen LogP contribution in [0.25, 0.3) is 17.1 Å². The topological polar surface area (TPSA) is 65.6 Å². The number of imidazole rings is 1. The second kappa shape index (κ2) is 4.51. The van der Waals surface area contributed by atoms with Gasteiger partial charge in [-0.05, 0) is 18.2 Å². The van der Waals surface area contributed by atoms with Crippen LogP contribution in [0.5, 0.6) is 0 Å². The molecular formula is C13H7BrClN5O. The van der Waals surface area contributed by atoms with Gasteiger partial charge in [0.05, 0.1) is 17.9 Å². The lowest BCUT2D eigenvalue weighted by Crippen LogP contribution is -2.05. The van der Waals surface area contributed by atoms with Gasteiger partial charge in [0.25, 0.3) is 0 Å². The van der Waals surface area contributed by atoms with Crippen molar-refractivity contribution < 1.29 is 4.79 Å². The van der Waals surface area contributed by atoms with Gasteiger partial charge in [0.2, 0.25) is 5.82 Å². The Morgan fingerprint density at radius 1 is 1.38 bits per heavy atom. The summed E-state index contributed by atoms with van der Waals surface area (Å²) < 4.78 is 4.50. The molecule has 0 bridgehead atoms. The number of rotatable bonds is 1. The molecule has 104 valence electrons. The summed E-state index contributed by atoms with van der Waals surface area (Å²) in [5, 5.41) is 4.62. The third-order valence-corrected chi connectivity index (χ3v) is 4.18. The molecule has 21 heavy (non-hydrogen) atoms. The predicted octanol–water partition coefficient (Wildman–Crippen LogP) is 2.72. The van der Waals surface area contributed by atoms with Crippen LogP contribution in [0.3, 0.4) is 0 Å². The van der Waals surface area contributed by atoms with Gasteiger partial charge in [0.1, 0.15) is 6.33 Å². The Morgan fingerprint density at radius 3 is 3.05 bits per heavy atom. The average Bonchev–Trinajstić information content (AvgIpc) is 3.01. The Hall–Kier alpha value is -1.99. The Kier molecular flexibility index (Phi) is 2.73. The molecule has 3 aromatic rings. The molecule has 2 aromatic heterocycles. The number of carbonyl (C=O) groups is 1. The molecule has 1 aliphatic rings. The maximum absolute atomic E-state index is 11.0. The molecule has 6 nitrogen and oxygen atoms in total. The molecular weight excluding hydrogens is 358 g/mol. The molecule has 0 fully saturated rings. The SMILES string of the molecule is O=Cc1nc2n(n1)Cc1c(Cl)ncn1-c1ccc(Br)cc1-2. The molecule has 8 heteroatoms. The highest BCUT2D eigenvalue weighted by Crippen LogP contribution is 2.34. The smallest absolute Gasteiger partial charge is 0.214 e. The van der Waals surface area contributed by atoms with Gasteiger partial charge in [0.15, 0.2) is 17.3 Å². The molecule has 0 aliphatic carbocycles. The lowest BCUT2D eigenvalue weighted by molar-refractivity contribution is 0.111. The highest BCUT2D eigenvalue weighted by atomic mass is 79.9. The van der Waals surface area contributed by atoms with Crippen LogP contribution >= 0.6 is 27.5 Å². The second-order valence-electron chi connectivity index (χ2n) is 4.58. The van der Waals surface area contributed by atoms with E-state index in [-0.39, 0.29) is 5.82 Å². The van der Waals surface area contributed by atoms with E-state index in [1.165, 1.54) is 0 Å².